The van der Waals surface area contributed by atoms with Gasteiger partial charge < -0.3 is 5.32 Å². The Morgan fingerprint density at radius 1 is 0.905 bits per heavy atom. The van der Waals surface area contributed by atoms with Crippen LogP contribution in [0, 0.1) is 5.41 Å². The highest BCUT2D eigenvalue weighted by Gasteiger charge is 2.39. The zero-order valence-electron chi connectivity index (χ0n) is 15.2. The molecule has 21 heavy (non-hydrogen) atoms. The molecular formula is C19H38N2. The van der Waals surface area contributed by atoms with Gasteiger partial charge in [-0.3, -0.25) is 4.90 Å². The molecule has 1 heterocycles. The molecule has 1 saturated heterocycles. The van der Waals surface area contributed by atoms with Gasteiger partial charge >= 0.3 is 0 Å². The van der Waals surface area contributed by atoms with E-state index in [1.807, 2.05) is 0 Å². The van der Waals surface area contributed by atoms with Gasteiger partial charge in [-0.1, -0.05) is 25.7 Å². The molecule has 124 valence electrons. The fraction of sp³-hybridized carbons (Fsp3) is 1.00. The second kappa shape index (κ2) is 6.58. The molecule has 0 radical (unpaired) electrons. The standard InChI is InChI=1S/C19H38N2/c1-17(2,3)20-15-19(12-8-6-7-9-13-19)16-21-14-10-11-18(21,4)5/h20H,6-16H2,1-5H3. The molecule has 2 rings (SSSR count). The predicted molar refractivity (Wildman–Crippen MR) is 92.8 cm³/mol. The van der Waals surface area contributed by atoms with Crippen LogP contribution in [0.15, 0.2) is 0 Å². The number of likely N-dealkylation sites (tertiary alicyclic amines) is 1. The SMILES string of the molecule is CC(C)(C)NCC1(CN2CCCC2(C)C)CCCCCC1. The smallest absolute Gasteiger partial charge is 0.0153 e. The van der Waals surface area contributed by atoms with Crippen molar-refractivity contribution in [1.29, 1.82) is 0 Å². The van der Waals surface area contributed by atoms with E-state index in [1.54, 1.807) is 0 Å². The van der Waals surface area contributed by atoms with Crippen molar-refractivity contribution >= 4 is 0 Å². The molecule has 0 aromatic heterocycles. The van der Waals surface area contributed by atoms with E-state index in [-0.39, 0.29) is 5.54 Å². The fourth-order valence-electron chi connectivity index (χ4n) is 4.18. The monoisotopic (exact) mass is 294 g/mol. The van der Waals surface area contributed by atoms with Crippen molar-refractivity contribution < 1.29 is 0 Å². The molecule has 1 N–H and O–H groups in total. The molecule has 0 spiro atoms. The van der Waals surface area contributed by atoms with Gasteiger partial charge in [0.25, 0.3) is 0 Å². The summed E-state index contributed by atoms with van der Waals surface area (Å²) in [5, 5.41) is 3.83. The van der Waals surface area contributed by atoms with E-state index >= 15 is 0 Å². The second-order valence-corrected chi connectivity index (χ2v) is 9.36. The molecule has 1 aliphatic carbocycles. The van der Waals surface area contributed by atoms with Crippen molar-refractivity contribution in [2.24, 2.45) is 5.41 Å². The normalized spacial score (nSPS) is 26.7. The van der Waals surface area contributed by atoms with Crippen LogP contribution in [0.4, 0.5) is 0 Å². The molecule has 0 bridgehead atoms. The van der Waals surface area contributed by atoms with Gasteiger partial charge in [-0.15, -0.1) is 0 Å². The first-order chi connectivity index (χ1) is 9.73. The molecule has 0 amide bonds. The van der Waals surface area contributed by atoms with Gasteiger partial charge in [0, 0.05) is 24.2 Å². The summed E-state index contributed by atoms with van der Waals surface area (Å²) in [6.07, 6.45) is 11.3. The highest BCUT2D eigenvalue weighted by Crippen LogP contribution is 2.39. The Labute approximate surface area is 133 Å². The molecule has 2 nitrogen and oxygen atoms in total. The topological polar surface area (TPSA) is 15.3 Å². The number of nitrogens with zero attached hydrogens (tertiary/aromatic N) is 1. The van der Waals surface area contributed by atoms with Crippen molar-refractivity contribution in [2.75, 3.05) is 19.6 Å². The number of nitrogens with one attached hydrogen (secondary N) is 1. The average Bonchev–Trinajstić information content (AvgIpc) is 2.59. The summed E-state index contributed by atoms with van der Waals surface area (Å²) >= 11 is 0. The van der Waals surface area contributed by atoms with Gasteiger partial charge in [0.2, 0.25) is 0 Å². The molecule has 1 aliphatic heterocycles. The first-order valence-electron chi connectivity index (χ1n) is 9.23. The predicted octanol–water partition coefficient (Wildman–Crippen LogP) is 4.59. The summed E-state index contributed by atoms with van der Waals surface area (Å²) < 4.78 is 0. The summed E-state index contributed by atoms with van der Waals surface area (Å²) in [7, 11) is 0. The third-order valence-electron chi connectivity index (χ3n) is 5.76. The third kappa shape index (κ3) is 4.96. The number of hydrogen-bond acceptors (Lipinski definition) is 2. The first-order valence-corrected chi connectivity index (χ1v) is 9.23. The largest absolute Gasteiger partial charge is 0.311 e. The number of rotatable bonds is 4. The van der Waals surface area contributed by atoms with E-state index in [4.69, 9.17) is 0 Å². The summed E-state index contributed by atoms with van der Waals surface area (Å²) in [5.41, 5.74) is 1.16. The minimum atomic E-state index is 0.236. The minimum Gasteiger partial charge on any atom is -0.311 e. The Bertz CT molecular complexity index is 319. The molecule has 1 saturated carbocycles. The van der Waals surface area contributed by atoms with Crippen molar-refractivity contribution in [3.8, 4) is 0 Å². The average molecular weight is 295 g/mol. The van der Waals surface area contributed by atoms with Crippen LogP contribution < -0.4 is 5.32 Å². The van der Waals surface area contributed by atoms with Gasteiger partial charge in [0.05, 0.1) is 0 Å². The highest BCUT2D eigenvalue weighted by atomic mass is 15.2. The summed E-state index contributed by atoms with van der Waals surface area (Å²) in [5.74, 6) is 0. The quantitative estimate of drug-likeness (QED) is 0.763. The lowest BCUT2D eigenvalue weighted by Gasteiger charge is -2.43. The Hall–Kier alpha value is -0.0800. The Morgan fingerprint density at radius 2 is 1.52 bits per heavy atom. The maximum Gasteiger partial charge on any atom is 0.0153 e. The van der Waals surface area contributed by atoms with Gasteiger partial charge in [-0.2, -0.15) is 0 Å². The van der Waals surface area contributed by atoms with E-state index in [9.17, 15) is 0 Å². The van der Waals surface area contributed by atoms with Crippen LogP contribution in [0.2, 0.25) is 0 Å². The minimum absolute atomic E-state index is 0.236. The molecule has 0 atom stereocenters. The Morgan fingerprint density at radius 3 is 2.00 bits per heavy atom. The summed E-state index contributed by atoms with van der Waals surface area (Å²) in [6, 6.07) is 0. The van der Waals surface area contributed by atoms with Crippen LogP contribution in [0.25, 0.3) is 0 Å². The zero-order valence-corrected chi connectivity index (χ0v) is 15.2. The van der Waals surface area contributed by atoms with E-state index in [0.717, 1.165) is 0 Å². The van der Waals surface area contributed by atoms with Crippen LogP contribution in [-0.4, -0.2) is 35.6 Å². The van der Waals surface area contributed by atoms with Crippen LogP contribution >= 0.6 is 0 Å². The van der Waals surface area contributed by atoms with Gasteiger partial charge in [-0.25, -0.2) is 0 Å². The van der Waals surface area contributed by atoms with E-state index in [0.29, 0.717) is 11.0 Å². The summed E-state index contributed by atoms with van der Waals surface area (Å²) in [6.45, 7) is 15.6. The van der Waals surface area contributed by atoms with E-state index in [1.165, 1.54) is 71.0 Å². The van der Waals surface area contributed by atoms with E-state index in [2.05, 4.69) is 44.8 Å². The first kappa shape index (κ1) is 17.3. The van der Waals surface area contributed by atoms with Crippen molar-refractivity contribution in [3.05, 3.63) is 0 Å². The number of hydrogen-bond donors (Lipinski definition) is 1. The lowest BCUT2D eigenvalue weighted by atomic mass is 9.78. The maximum atomic E-state index is 3.83. The maximum absolute atomic E-state index is 3.83. The third-order valence-corrected chi connectivity index (χ3v) is 5.76. The lowest BCUT2D eigenvalue weighted by molar-refractivity contribution is 0.0767. The molecule has 2 aliphatic rings. The van der Waals surface area contributed by atoms with Crippen LogP contribution in [0.5, 0.6) is 0 Å². The molecule has 2 fully saturated rings. The molecule has 0 aromatic carbocycles. The fourth-order valence-corrected chi connectivity index (χ4v) is 4.18. The molecule has 0 aromatic rings. The van der Waals surface area contributed by atoms with Gasteiger partial charge in [0.1, 0.15) is 0 Å². The van der Waals surface area contributed by atoms with Crippen LogP contribution in [-0.2, 0) is 0 Å². The van der Waals surface area contributed by atoms with Crippen molar-refractivity contribution in [3.63, 3.8) is 0 Å². The second-order valence-electron chi connectivity index (χ2n) is 9.36. The van der Waals surface area contributed by atoms with Crippen molar-refractivity contribution in [2.45, 2.75) is 97.1 Å². The lowest BCUT2D eigenvalue weighted by Crippen LogP contribution is -2.51. The Kier molecular flexibility index (Phi) is 5.41. The molecular weight excluding hydrogens is 256 g/mol. The summed E-state index contributed by atoms with van der Waals surface area (Å²) in [4.78, 5) is 2.79. The van der Waals surface area contributed by atoms with Crippen molar-refractivity contribution in [1.82, 2.24) is 10.2 Å². The van der Waals surface area contributed by atoms with Crippen LogP contribution in [0.3, 0.4) is 0 Å². The Balaban J connectivity index is 2.07. The van der Waals surface area contributed by atoms with Crippen LogP contribution in [0.1, 0.15) is 86.0 Å². The molecule has 2 heteroatoms. The highest BCUT2D eigenvalue weighted by molar-refractivity contribution is 4.95. The zero-order chi connectivity index (χ0) is 15.6. The van der Waals surface area contributed by atoms with E-state index < -0.39 is 0 Å². The van der Waals surface area contributed by atoms with Gasteiger partial charge in [0.15, 0.2) is 0 Å². The van der Waals surface area contributed by atoms with Gasteiger partial charge in [-0.05, 0) is 72.3 Å². The molecule has 0 unspecified atom stereocenters.